The van der Waals surface area contributed by atoms with Crippen molar-refractivity contribution in [2.24, 2.45) is 0 Å². The van der Waals surface area contributed by atoms with Crippen molar-refractivity contribution in [3.05, 3.63) is 142 Å². The van der Waals surface area contributed by atoms with Gasteiger partial charge in [-0.2, -0.15) is 5.10 Å². The molecule has 39 heavy (non-hydrogen) atoms. The van der Waals surface area contributed by atoms with Gasteiger partial charge in [0.1, 0.15) is 11.4 Å². The Hall–Kier alpha value is -5.24. The van der Waals surface area contributed by atoms with E-state index < -0.39 is 4.92 Å². The van der Waals surface area contributed by atoms with Crippen LogP contribution < -0.4 is 10.1 Å². The number of nitrogens with one attached hydrogen (secondary N) is 1. The number of amides is 1. The number of nitro benzene ring substituents is 1. The Labute approximate surface area is 225 Å². The Bertz CT molecular complexity index is 1580. The fourth-order valence-corrected chi connectivity index (χ4v) is 4.40. The van der Waals surface area contributed by atoms with E-state index in [1.807, 2.05) is 84.9 Å². The molecule has 0 radical (unpaired) electrons. The zero-order chi connectivity index (χ0) is 27.2. The summed E-state index contributed by atoms with van der Waals surface area (Å²) < 4.78 is 6.71. The topological polar surface area (TPSA) is 99.3 Å². The highest BCUT2D eigenvalue weighted by atomic mass is 16.6. The Kier molecular flexibility index (Phi) is 7.45. The lowest BCUT2D eigenvalue weighted by atomic mass is 9.98. The third-order valence-electron chi connectivity index (χ3n) is 6.40. The first-order valence-corrected chi connectivity index (χ1v) is 12.4. The predicted molar refractivity (Wildman–Crippen MR) is 149 cm³/mol. The molecule has 0 spiro atoms. The minimum Gasteiger partial charge on any atom is -0.497 e. The van der Waals surface area contributed by atoms with Crippen LogP contribution in [0.3, 0.4) is 0 Å². The largest absolute Gasteiger partial charge is 0.497 e. The number of rotatable bonds is 9. The molecule has 8 heteroatoms. The molecular weight excluding hydrogens is 492 g/mol. The van der Waals surface area contributed by atoms with E-state index in [2.05, 4.69) is 10.4 Å². The van der Waals surface area contributed by atoms with E-state index in [0.717, 1.165) is 16.7 Å². The molecule has 0 fully saturated rings. The number of aromatic nitrogens is 2. The first-order chi connectivity index (χ1) is 19.0. The molecule has 0 saturated heterocycles. The van der Waals surface area contributed by atoms with Crippen molar-refractivity contribution in [3.8, 4) is 22.7 Å². The Morgan fingerprint density at radius 1 is 0.923 bits per heavy atom. The summed E-state index contributed by atoms with van der Waals surface area (Å²) in [5.74, 6) is 0.347. The van der Waals surface area contributed by atoms with Gasteiger partial charge >= 0.3 is 0 Å². The second-order valence-corrected chi connectivity index (χ2v) is 8.96. The van der Waals surface area contributed by atoms with Gasteiger partial charge in [0, 0.05) is 17.7 Å². The lowest BCUT2D eigenvalue weighted by molar-refractivity contribution is -0.384. The van der Waals surface area contributed by atoms with Crippen LogP contribution in [0.5, 0.6) is 5.75 Å². The van der Waals surface area contributed by atoms with Crippen LogP contribution in [0.25, 0.3) is 16.9 Å². The van der Waals surface area contributed by atoms with Crippen molar-refractivity contribution >= 4 is 11.6 Å². The smallest absolute Gasteiger partial charge is 0.271 e. The standard InChI is InChI=1S/C31H26N4O4/c1-39-27-17-15-24(16-18-27)29-21-30(34(33-29)25-13-8-14-26(20-25)35(37)38)31(36)32-28(23-11-6-3-7-12-23)19-22-9-4-2-5-10-22/h2-18,20-21,28H,19H2,1H3,(H,32,36). The van der Waals surface area contributed by atoms with Gasteiger partial charge in [-0.05, 0) is 53.9 Å². The zero-order valence-electron chi connectivity index (χ0n) is 21.2. The summed E-state index contributed by atoms with van der Waals surface area (Å²) in [7, 11) is 1.59. The summed E-state index contributed by atoms with van der Waals surface area (Å²) in [6.07, 6.45) is 0.590. The number of nitro groups is 1. The Balaban J connectivity index is 1.55. The van der Waals surface area contributed by atoms with E-state index in [-0.39, 0.29) is 23.3 Å². The molecule has 1 unspecified atom stereocenters. The van der Waals surface area contributed by atoms with Gasteiger partial charge in [-0.3, -0.25) is 14.9 Å². The number of carbonyl (C=O) groups excluding carboxylic acids is 1. The van der Waals surface area contributed by atoms with E-state index in [1.165, 1.54) is 16.8 Å². The van der Waals surface area contributed by atoms with Gasteiger partial charge in [0.15, 0.2) is 0 Å². The maximum absolute atomic E-state index is 13.9. The highest BCUT2D eigenvalue weighted by molar-refractivity contribution is 5.94. The molecule has 1 atom stereocenters. The van der Waals surface area contributed by atoms with Gasteiger partial charge in [-0.1, -0.05) is 66.7 Å². The molecule has 0 aliphatic carbocycles. The number of carbonyl (C=O) groups is 1. The molecule has 194 valence electrons. The average molecular weight is 519 g/mol. The summed E-state index contributed by atoms with van der Waals surface area (Å²) in [5, 5.41) is 19.3. The first-order valence-electron chi connectivity index (χ1n) is 12.4. The fraction of sp³-hybridized carbons (Fsp3) is 0.0968. The van der Waals surface area contributed by atoms with Crippen LogP contribution in [0.1, 0.15) is 27.7 Å². The van der Waals surface area contributed by atoms with Gasteiger partial charge in [-0.25, -0.2) is 4.68 Å². The third-order valence-corrected chi connectivity index (χ3v) is 6.40. The molecule has 0 bridgehead atoms. The summed E-state index contributed by atoms with van der Waals surface area (Å²) in [6.45, 7) is 0. The van der Waals surface area contributed by atoms with Gasteiger partial charge in [-0.15, -0.1) is 0 Å². The molecule has 4 aromatic carbocycles. The monoisotopic (exact) mass is 518 g/mol. The zero-order valence-corrected chi connectivity index (χ0v) is 21.2. The van der Waals surface area contributed by atoms with E-state index in [1.54, 1.807) is 25.3 Å². The van der Waals surface area contributed by atoms with Crippen molar-refractivity contribution in [2.75, 3.05) is 7.11 Å². The lowest BCUT2D eigenvalue weighted by Crippen LogP contribution is -2.31. The molecule has 0 aliphatic heterocycles. The van der Waals surface area contributed by atoms with Gasteiger partial charge in [0.05, 0.1) is 29.5 Å². The van der Waals surface area contributed by atoms with Crippen molar-refractivity contribution in [3.63, 3.8) is 0 Å². The quantitative estimate of drug-likeness (QED) is 0.186. The lowest BCUT2D eigenvalue weighted by Gasteiger charge is -2.20. The molecule has 1 aromatic heterocycles. The van der Waals surface area contributed by atoms with E-state index >= 15 is 0 Å². The number of non-ortho nitro benzene ring substituents is 1. The SMILES string of the molecule is COc1ccc(-c2cc(C(=O)NC(Cc3ccccc3)c3ccccc3)n(-c3cccc([N+](=O)[O-])c3)n2)cc1. The number of ether oxygens (including phenoxy) is 1. The average Bonchev–Trinajstić information content (AvgIpc) is 3.44. The minimum absolute atomic E-state index is 0.0911. The number of nitrogens with zero attached hydrogens (tertiary/aromatic N) is 3. The van der Waals surface area contributed by atoms with Crippen LogP contribution in [0, 0.1) is 10.1 Å². The maximum Gasteiger partial charge on any atom is 0.271 e. The molecule has 1 amide bonds. The van der Waals surface area contributed by atoms with Crippen LogP contribution in [0.4, 0.5) is 5.69 Å². The van der Waals surface area contributed by atoms with Crippen LogP contribution in [0.2, 0.25) is 0 Å². The van der Waals surface area contributed by atoms with Crippen molar-refractivity contribution < 1.29 is 14.5 Å². The summed E-state index contributed by atoms with van der Waals surface area (Å²) in [6, 6.07) is 34.5. The highest BCUT2D eigenvalue weighted by Crippen LogP contribution is 2.26. The Morgan fingerprint density at radius 2 is 1.62 bits per heavy atom. The number of hydrogen-bond donors (Lipinski definition) is 1. The van der Waals surface area contributed by atoms with Crippen LogP contribution in [0.15, 0.2) is 115 Å². The fourth-order valence-electron chi connectivity index (χ4n) is 4.40. The Morgan fingerprint density at radius 3 is 2.28 bits per heavy atom. The van der Waals surface area contributed by atoms with Crippen molar-refractivity contribution in [1.29, 1.82) is 0 Å². The van der Waals surface area contributed by atoms with E-state index in [0.29, 0.717) is 23.6 Å². The number of hydrogen-bond acceptors (Lipinski definition) is 5. The maximum atomic E-state index is 13.9. The van der Waals surface area contributed by atoms with Crippen LogP contribution >= 0.6 is 0 Å². The van der Waals surface area contributed by atoms with Crippen LogP contribution in [-0.2, 0) is 6.42 Å². The van der Waals surface area contributed by atoms with Crippen molar-refractivity contribution in [2.45, 2.75) is 12.5 Å². The highest BCUT2D eigenvalue weighted by Gasteiger charge is 2.23. The molecule has 8 nitrogen and oxygen atoms in total. The van der Waals surface area contributed by atoms with Crippen molar-refractivity contribution in [1.82, 2.24) is 15.1 Å². The minimum atomic E-state index is -0.470. The van der Waals surface area contributed by atoms with Gasteiger partial charge < -0.3 is 10.1 Å². The molecule has 1 heterocycles. The molecular formula is C31H26N4O4. The normalized spacial score (nSPS) is 11.5. The van der Waals surface area contributed by atoms with E-state index in [4.69, 9.17) is 4.74 Å². The number of methoxy groups -OCH3 is 1. The second kappa shape index (κ2) is 11.4. The van der Waals surface area contributed by atoms with Gasteiger partial charge in [0.2, 0.25) is 0 Å². The summed E-state index contributed by atoms with van der Waals surface area (Å²) >= 11 is 0. The first kappa shape index (κ1) is 25.4. The van der Waals surface area contributed by atoms with Gasteiger partial charge in [0.25, 0.3) is 11.6 Å². The summed E-state index contributed by atoms with van der Waals surface area (Å²) in [4.78, 5) is 24.8. The van der Waals surface area contributed by atoms with E-state index in [9.17, 15) is 14.9 Å². The molecule has 0 aliphatic rings. The van der Waals surface area contributed by atoms with Crippen LogP contribution in [-0.4, -0.2) is 27.7 Å². The predicted octanol–water partition coefficient (Wildman–Crippen LogP) is 6.17. The third kappa shape index (κ3) is 5.86. The molecule has 5 aromatic rings. The molecule has 0 saturated carbocycles. The molecule has 5 rings (SSSR count). The molecule has 1 N–H and O–H groups in total. The summed E-state index contributed by atoms with van der Waals surface area (Å²) in [5.41, 5.74) is 3.95. The second-order valence-electron chi connectivity index (χ2n) is 8.96. The number of benzene rings is 4.